The summed E-state index contributed by atoms with van der Waals surface area (Å²) >= 11 is 2.39. The Kier molecular flexibility index (Phi) is 11.1. The van der Waals surface area contributed by atoms with Crippen LogP contribution >= 0.6 is 15.9 Å². The SMILES string of the molecule is C=C(/N=C\C1=C(C)c2ccccc2C(c2cccc(Br)c2)C1)Nc1ccc(CCOS(C)=O)cc1.CC. The standard InChI is InChI=1S/C29H29BrN2O2S.C2H6/c1-20-24(18-29(23-7-6-8-25(30)17-23)28-10-5-4-9-27(20)28)19-31-21(2)32-26-13-11-22(12-14-26)15-16-34-35(3)33;1-2/h4-14,17,19,29,32H,2,15-16,18H2,1,3H3;1-2H3/b31-19-;. The van der Waals surface area contributed by atoms with E-state index in [0.717, 1.165) is 22.1 Å². The fourth-order valence-corrected chi connectivity index (χ4v) is 5.09. The molecule has 1 N–H and O–H groups in total. The minimum atomic E-state index is -1.23. The van der Waals surface area contributed by atoms with Gasteiger partial charge in [0.25, 0.3) is 0 Å². The van der Waals surface area contributed by atoms with E-state index >= 15 is 0 Å². The summed E-state index contributed by atoms with van der Waals surface area (Å²) in [4.78, 5) is 4.65. The van der Waals surface area contributed by atoms with E-state index < -0.39 is 11.1 Å². The van der Waals surface area contributed by atoms with Crippen molar-refractivity contribution in [3.05, 3.63) is 117 Å². The van der Waals surface area contributed by atoms with Crippen molar-refractivity contribution in [1.29, 1.82) is 0 Å². The van der Waals surface area contributed by atoms with Crippen LogP contribution in [0.25, 0.3) is 5.57 Å². The molecule has 2 unspecified atom stereocenters. The molecule has 4 rings (SSSR count). The molecule has 1 aliphatic carbocycles. The highest BCUT2D eigenvalue weighted by Gasteiger charge is 2.25. The average Bonchev–Trinajstić information content (AvgIpc) is 2.90. The fraction of sp³-hybridized carbons (Fsp3) is 0.258. The zero-order valence-electron chi connectivity index (χ0n) is 22.0. The molecule has 0 aromatic heterocycles. The van der Waals surface area contributed by atoms with E-state index in [1.807, 2.05) is 44.3 Å². The van der Waals surface area contributed by atoms with Gasteiger partial charge in [0.05, 0.1) is 6.61 Å². The van der Waals surface area contributed by atoms with E-state index in [2.05, 4.69) is 88.3 Å². The van der Waals surface area contributed by atoms with Crippen LogP contribution in [-0.2, 0) is 21.7 Å². The Bertz CT molecular complexity index is 1300. The molecule has 0 spiro atoms. The van der Waals surface area contributed by atoms with Crippen LogP contribution in [0, 0.1) is 0 Å². The minimum absolute atomic E-state index is 0.275. The lowest BCUT2D eigenvalue weighted by Gasteiger charge is -2.28. The molecule has 0 saturated heterocycles. The van der Waals surface area contributed by atoms with Crippen molar-refractivity contribution in [3.8, 4) is 0 Å². The third-order valence-electron chi connectivity index (χ3n) is 6.16. The van der Waals surface area contributed by atoms with Crippen LogP contribution in [0.1, 0.15) is 55.4 Å². The first kappa shape index (κ1) is 28.8. The van der Waals surface area contributed by atoms with Crippen molar-refractivity contribution in [2.75, 3.05) is 18.2 Å². The number of hydrogen-bond acceptors (Lipinski definition) is 4. The molecule has 6 heteroatoms. The van der Waals surface area contributed by atoms with E-state index in [4.69, 9.17) is 4.18 Å². The second-order valence-electron chi connectivity index (χ2n) is 8.55. The third-order valence-corrected chi connectivity index (χ3v) is 7.15. The molecule has 0 bridgehead atoms. The second kappa shape index (κ2) is 14.2. The molecule has 0 heterocycles. The van der Waals surface area contributed by atoms with Crippen LogP contribution in [0.15, 0.2) is 100 Å². The zero-order valence-corrected chi connectivity index (χ0v) is 24.4. The van der Waals surface area contributed by atoms with Gasteiger partial charge in [-0.3, -0.25) is 4.18 Å². The summed E-state index contributed by atoms with van der Waals surface area (Å²) in [6, 6.07) is 25.2. The smallest absolute Gasteiger partial charge is 0.152 e. The van der Waals surface area contributed by atoms with Gasteiger partial charge in [-0.15, -0.1) is 0 Å². The first-order valence-corrected chi connectivity index (χ1v) is 14.8. The minimum Gasteiger partial charge on any atom is -0.341 e. The fourth-order valence-electron chi connectivity index (χ4n) is 4.35. The van der Waals surface area contributed by atoms with Gasteiger partial charge in [0.2, 0.25) is 0 Å². The lowest BCUT2D eigenvalue weighted by molar-refractivity contribution is 0.355. The van der Waals surface area contributed by atoms with E-state index in [0.29, 0.717) is 18.8 Å². The van der Waals surface area contributed by atoms with Crippen LogP contribution in [0.5, 0.6) is 0 Å². The number of allylic oxidation sites excluding steroid dienone is 2. The molecule has 4 nitrogen and oxygen atoms in total. The van der Waals surface area contributed by atoms with Crippen molar-refractivity contribution in [3.63, 3.8) is 0 Å². The van der Waals surface area contributed by atoms with Gasteiger partial charge < -0.3 is 5.32 Å². The molecule has 0 saturated carbocycles. The maximum Gasteiger partial charge on any atom is 0.152 e. The third kappa shape index (κ3) is 8.09. The summed E-state index contributed by atoms with van der Waals surface area (Å²) < 4.78 is 17.2. The molecule has 37 heavy (non-hydrogen) atoms. The Morgan fingerprint density at radius 3 is 2.57 bits per heavy atom. The van der Waals surface area contributed by atoms with Crippen molar-refractivity contribution < 1.29 is 8.39 Å². The molecule has 0 fully saturated rings. The van der Waals surface area contributed by atoms with Crippen LogP contribution in [0.4, 0.5) is 5.69 Å². The number of nitrogens with one attached hydrogen (secondary N) is 1. The van der Waals surface area contributed by atoms with Crippen molar-refractivity contribution >= 4 is 44.5 Å². The first-order chi connectivity index (χ1) is 17.9. The van der Waals surface area contributed by atoms with Gasteiger partial charge in [-0.2, -0.15) is 0 Å². The summed E-state index contributed by atoms with van der Waals surface area (Å²) in [6.45, 7) is 10.7. The van der Waals surface area contributed by atoms with Gasteiger partial charge in [0.1, 0.15) is 5.82 Å². The summed E-state index contributed by atoms with van der Waals surface area (Å²) in [5.41, 5.74) is 8.42. The maximum atomic E-state index is 11.0. The van der Waals surface area contributed by atoms with E-state index in [-0.39, 0.29) is 5.92 Å². The van der Waals surface area contributed by atoms with Gasteiger partial charge in [0.15, 0.2) is 11.1 Å². The number of benzene rings is 3. The molecule has 3 aromatic carbocycles. The number of rotatable bonds is 9. The number of nitrogens with zero attached hydrogens (tertiary/aromatic N) is 1. The summed E-state index contributed by atoms with van der Waals surface area (Å²) in [6.07, 6.45) is 5.08. The summed E-state index contributed by atoms with van der Waals surface area (Å²) in [7, 11) is 0. The zero-order chi connectivity index (χ0) is 26.8. The first-order valence-electron chi connectivity index (χ1n) is 12.5. The van der Waals surface area contributed by atoms with Gasteiger partial charge in [0, 0.05) is 28.5 Å². The number of hydrogen-bond donors (Lipinski definition) is 1. The van der Waals surface area contributed by atoms with E-state index in [9.17, 15) is 4.21 Å². The predicted molar refractivity (Wildman–Crippen MR) is 162 cm³/mol. The van der Waals surface area contributed by atoms with Crippen LogP contribution in [0.3, 0.4) is 0 Å². The van der Waals surface area contributed by atoms with Crippen LogP contribution in [0.2, 0.25) is 0 Å². The Balaban J connectivity index is 0.00000186. The number of anilines is 1. The molecule has 3 aromatic rings. The van der Waals surface area contributed by atoms with Crippen LogP contribution < -0.4 is 5.32 Å². The molecule has 1 aliphatic rings. The highest BCUT2D eigenvalue weighted by atomic mass is 79.9. The monoisotopic (exact) mass is 578 g/mol. The van der Waals surface area contributed by atoms with Gasteiger partial charge in [-0.1, -0.05) is 84.9 Å². The molecular formula is C31H35BrN2O2S. The van der Waals surface area contributed by atoms with E-state index in [1.165, 1.54) is 34.1 Å². The Hall–Kier alpha value is -2.80. The predicted octanol–water partition coefficient (Wildman–Crippen LogP) is 8.29. The average molecular weight is 580 g/mol. The molecule has 2 atom stereocenters. The Morgan fingerprint density at radius 1 is 1.14 bits per heavy atom. The highest BCUT2D eigenvalue weighted by Crippen LogP contribution is 2.42. The number of fused-ring (bicyclic) bond motifs is 1. The highest BCUT2D eigenvalue weighted by molar-refractivity contribution is 9.10. The summed E-state index contributed by atoms with van der Waals surface area (Å²) in [5, 5.41) is 3.27. The molecule has 0 radical (unpaired) electrons. The van der Waals surface area contributed by atoms with E-state index in [1.54, 1.807) is 0 Å². The maximum absolute atomic E-state index is 11.0. The molecule has 0 aliphatic heterocycles. The Morgan fingerprint density at radius 2 is 1.86 bits per heavy atom. The number of halogens is 1. The lowest BCUT2D eigenvalue weighted by Crippen LogP contribution is -2.12. The largest absolute Gasteiger partial charge is 0.341 e. The molecular weight excluding hydrogens is 544 g/mol. The molecule has 0 amide bonds. The summed E-state index contributed by atoms with van der Waals surface area (Å²) in [5.74, 6) is 0.859. The van der Waals surface area contributed by atoms with Gasteiger partial charge in [-0.05, 0) is 77.4 Å². The van der Waals surface area contributed by atoms with Crippen molar-refractivity contribution in [2.45, 2.75) is 39.5 Å². The van der Waals surface area contributed by atoms with Gasteiger partial charge >= 0.3 is 0 Å². The van der Waals surface area contributed by atoms with Crippen LogP contribution in [-0.4, -0.2) is 23.3 Å². The quantitative estimate of drug-likeness (QED) is 0.260. The molecule has 194 valence electrons. The normalized spacial score (nSPS) is 15.5. The Labute approximate surface area is 232 Å². The van der Waals surface area contributed by atoms with Crippen molar-refractivity contribution in [1.82, 2.24) is 0 Å². The lowest BCUT2D eigenvalue weighted by atomic mass is 9.76. The number of aliphatic imine (C=N–C) groups is 1. The second-order valence-corrected chi connectivity index (χ2v) is 10.5. The topological polar surface area (TPSA) is 50.7 Å². The van der Waals surface area contributed by atoms with Crippen molar-refractivity contribution in [2.24, 2.45) is 4.99 Å². The van der Waals surface area contributed by atoms with Gasteiger partial charge in [-0.25, -0.2) is 9.20 Å².